The van der Waals surface area contributed by atoms with Crippen molar-refractivity contribution < 1.29 is 14.3 Å². The maximum Gasteiger partial charge on any atom is 0.225 e. The number of hydrogen-bond donors (Lipinski definition) is 1. The molecule has 0 saturated carbocycles. The second kappa shape index (κ2) is 9.27. The number of benzene rings is 2. The summed E-state index contributed by atoms with van der Waals surface area (Å²) in [5.74, 6) is 1.64. The number of amides is 1. The number of methoxy groups -OCH3 is 2. The van der Waals surface area contributed by atoms with Gasteiger partial charge in [-0.1, -0.05) is 51.1 Å². The summed E-state index contributed by atoms with van der Waals surface area (Å²) in [6, 6.07) is 14.0. The van der Waals surface area contributed by atoms with Crippen LogP contribution in [0.25, 0.3) is 0 Å². The Labute approximate surface area is 156 Å². The first-order chi connectivity index (χ1) is 12.5. The Bertz CT molecular complexity index is 723. The van der Waals surface area contributed by atoms with Gasteiger partial charge in [-0.25, -0.2) is 0 Å². The van der Waals surface area contributed by atoms with Gasteiger partial charge in [-0.05, 0) is 29.5 Å². The van der Waals surface area contributed by atoms with Gasteiger partial charge in [0.1, 0.15) is 11.5 Å². The lowest BCUT2D eigenvalue weighted by molar-refractivity contribution is -0.121. The molecule has 140 valence electrons. The van der Waals surface area contributed by atoms with Crippen LogP contribution in [0.5, 0.6) is 11.5 Å². The predicted octanol–water partition coefficient (Wildman–Crippen LogP) is 4.32. The lowest BCUT2D eigenvalue weighted by atomic mass is 9.94. The van der Waals surface area contributed by atoms with E-state index in [4.69, 9.17) is 9.47 Å². The van der Waals surface area contributed by atoms with E-state index in [1.54, 1.807) is 20.3 Å². The van der Waals surface area contributed by atoms with Gasteiger partial charge >= 0.3 is 0 Å². The van der Waals surface area contributed by atoms with Gasteiger partial charge in [0, 0.05) is 11.6 Å². The summed E-state index contributed by atoms with van der Waals surface area (Å²) < 4.78 is 10.6. The molecule has 0 saturated heterocycles. The summed E-state index contributed by atoms with van der Waals surface area (Å²) in [6.45, 7) is 6.37. The molecule has 4 heteroatoms. The molecular weight excluding hydrogens is 326 g/mol. The van der Waals surface area contributed by atoms with Gasteiger partial charge < -0.3 is 14.8 Å². The summed E-state index contributed by atoms with van der Waals surface area (Å²) in [6.07, 6.45) is 1.28. The standard InChI is InChI=1S/C22H29NO3/c1-6-16-7-9-17(10-8-16)22(15(2)3)23-21(24)13-18-11-12-19(25-4)14-20(18)26-5/h7-12,14-15,22H,6,13H2,1-5H3,(H,23,24). The molecule has 0 aliphatic heterocycles. The van der Waals surface area contributed by atoms with Gasteiger partial charge in [-0.15, -0.1) is 0 Å². The van der Waals surface area contributed by atoms with E-state index in [1.807, 2.05) is 12.1 Å². The van der Waals surface area contributed by atoms with Gasteiger partial charge in [-0.2, -0.15) is 0 Å². The lowest BCUT2D eigenvalue weighted by Gasteiger charge is -2.23. The summed E-state index contributed by atoms with van der Waals surface area (Å²) in [4.78, 5) is 12.6. The van der Waals surface area contributed by atoms with E-state index >= 15 is 0 Å². The van der Waals surface area contributed by atoms with Gasteiger partial charge in [0.25, 0.3) is 0 Å². The van der Waals surface area contributed by atoms with Crippen molar-refractivity contribution in [1.82, 2.24) is 5.32 Å². The Morgan fingerprint density at radius 3 is 2.27 bits per heavy atom. The number of ether oxygens (including phenoxy) is 2. The first-order valence-corrected chi connectivity index (χ1v) is 9.07. The molecule has 0 fully saturated rings. The second-order valence-electron chi connectivity index (χ2n) is 6.74. The molecule has 0 aliphatic carbocycles. The van der Waals surface area contributed by atoms with E-state index < -0.39 is 0 Å². The van der Waals surface area contributed by atoms with Crippen LogP contribution in [0.15, 0.2) is 42.5 Å². The fourth-order valence-corrected chi connectivity index (χ4v) is 2.99. The number of nitrogens with one attached hydrogen (secondary N) is 1. The largest absolute Gasteiger partial charge is 0.497 e. The Kier molecular flexibility index (Phi) is 7.07. The van der Waals surface area contributed by atoms with Crippen LogP contribution in [0.2, 0.25) is 0 Å². The molecule has 1 unspecified atom stereocenters. The van der Waals surface area contributed by atoms with Crippen LogP contribution < -0.4 is 14.8 Å². The van der Waals surface area contributed by atoms with E-state index in [0.717, 1.165) is 17.5 Å². The van der Waals surface area contributed by atoms with Gasteiger partial charge in [-0.3, -0.25) is 4.79 Å². The van der Waals surface area contributed by atoms with Crippen LogP contribution in [0, 0.1) is 5.92 Å². The first kappa shape index (κ1) is 19.8. The molecule has 26 heavy (non-hydrogen) atoms. The Morgan fingerprint density at radius 1 is 1.04 bits per heavy atom. The highest BCUT2D eigenvalue weighted by atomic mass is 16.5. The summed E-state index contributed by atoms with van der Waals surface area (Å²) in [5, 5.41) is 3.17. The summed E-state index contributed by atoms with van der Waals surface area (Å²) in [5.41, 5.74) is 3.27. The molecule has 4 nitrogen and oxygen atoms in total. The number of rotatable bonds is 8. The first-order valence-electron chi connectivity index (χ1n) is 9.07. The molecule has 0 aromatic heterocycles. The summed E-state index contributed by atoms with van der Waals surface area (Å²) in [7, 11) is 3.21. The Morgan fingerprint density at radius 2 is 1.73 bits per heavy atom. The Hall–Kier alpha value is -2.49. The van der Waals surface area contributed by atoms with Crippen LogP contribution in [-0.4, -0.2) is 20.1 Å². The van der Waals surface area contributed by atoms with E-state index in [2.05, 4.69) is 50.4 Å². The zero-order valence-corrected chi connectivity index (χ0v) is 16.3. The minimum Gasteiger partial charge on any atom is -0.497 e. The van der Waals surface area contributed by atoms with Crippen molar-refractivity contribution in [2.75, 3.05) is 14.2 Å². The van der Waals surface area contributed by atoms with Gasteiger partial charge in [0.2, 0.25) is 5.91 Å². The second-order valence-corrected chi connectivity index (χ2v) is 6.74. The van der Waals surface area contributed by atoms with Crippen molar-refractivity contribution in [2.24, 2.45) is 5.92 Å². The van der Waals surface area contributed by atoms with Crippen molar-refractivity contribution in [2.45, 2.75) is 39.7 Å². The minimum absolute atomic E-state index is 0.0161. The molecule has 0 bridgehead atoms. The fourth-order valence-electron chi connectivity index (χ4n) is 2.99. The molecule has 1 N–H and O–H groups in total. The molecule has 2 rings (SSSR count). The number of carbonyl (C=O) groups excluding carboxylic acids is 1. The van der Waals surface area contributed by atoms with Crippen LogP contribution >= 0.6 is 0 Å². The number of hydrogen-bond acceptors (Lipinski definition) is 3. The number of carbonyl (C=O) groups is 1. The third kappa shape index (κ3) is 5.01. The van der Waals surface area contributed by atoms with Crippen molar-refractivity contribution in [1.29, 1.82) is 0 Å². The van der Waals surface area contributed by atoms with E-state index in [9.17, 15) is 4.79 Å². The van der Waals surface area contributed by atoms with Crippen LogP contribution in [-0.2, 0) is 17.6 Å². The lowest BCUT2D eigenvalue weighted by Crippen LogP contribution is -2.33. The molecule has 2 aromatic rings. The SMILES string of the molecule is CCc1ccc(C(NC(=O)Cc2ccc(OC)cc2OC)C(C)C)cc1. The maximum absolute atomic E-state index is 12.6. The number of aryl methyl sites for hydroxylation is 1. The Balaban J connectivity index is 2.12. The molecule has 0 spiro atoms. The average molecular weight is 355 g/mol. The van der Waals surface area contributed by atoms with E-state index in [-0.39, 0.29) is 18.4 Å². The normalized spacial score (nSPS) is 11.9. The average Bonchev–Trinajstić information content (AvgIpc) is 2.66. The zero-order chi connectivity index (χ0) is 19.1. The van der Waals surface area contributed by atoms with E-state index in [1.165, 1.54) is 5.56 Å². The quantitative estimate of drug-likeness (QED) is 0.767. The third-order valence-corrected chi connectivity index (χ3v) is 4.58. The van der Waals surface area contributed by atoms with Crippen LogP contribution in [0.1, 0.15) is 43.5 Å². The van der Waals surface area contributed by atoms with Crippen molar-refractivity contribution >= 4 is 5.91 Å². The minimum atomic E-state index is -0.0215. The highest BCUT2D eigenvalue weighted by molar-refractivity contribution is 5.80. The summed E-state index contributed by atoms with van der Waals surface area (Å²) >= 11 is 0. The molecular formula is C22H29NO3. The highest BCUT2D eigenvalue weighted by Gasteiger charge is 2.19. The van der Waals surface area contributed by atoms with Crippen molar-refractivity contribution in [3.63, 3.8) is 0 Å². The molecule has 0 heterocycles. The molecule has 0 radical (unpaired) electrons. The van der Waals surface area contributed by atoms with E-state index in [0.29, 0.717) is 17.4 Å². The van der Waals surface area contributed by atoms with Gasteiger partial charge in [0.05, 0.1) is 26.7 Å². The zero-order valence-electron chi connectivity index (χ0n) is 16.3. The topological polar surface area (TPSA) is 47.6 Å². The maximum atomic E-state index is 12.6. The monoisotopic (exact) mass is 355 g/mol. The fraction of sp³-hybridized carbons (Fsp3) is 0.409. The van der Waals surface area contributed by atoms with Crippen LogP contribution in [0.4, 0.5) is 0 Å². The predicted molar refractivity (Wildman–Crippen MR) is 105 cm³/mol. The van der Waals surface area contributed by atoms with Crippen molar-refractivity contribution in [3.05, 3.63) is 59.2 Å². The molecule has 1 amide bonds. The van der Waals surface area contributed by atoms with Crippen molar-refractivity contribution in [3.8, 4) is 11.5 Å². The smallest absolute Gasteiger partial charge is 0.225 e. The third-order valence-electron chi connectivity index (χ3n) is 4.58. The van der Waals surface area contributed by atoms with Gasteiger partial charge in [0.15, 0.2) is 0 Å². The molecule has 0 aliphatic rings. The van der Waals surface area contributed by atoms with Crippen LogP contribution in [0.3, 0.4) is 0 Å². The molecule has 1 atom stereocenters. The molecule has 2 aromatic carbocycles. The highest BCUT2D eigenvalue weighted by Crippen LogP contribution is 2.26.